The number of hydrogen-bond donors (Lipinski definition) is 1. The minimum atomic E-state index is -3.64. The molecule has 0 fully saturated rings. The fraction of sp³-hybridized carbons (Fsp3) is 0.294. The SMILES string of the molecule is CCc1cccc(CC)c1NS(=O)(=O)c1ccc(OC)c(I)c1. The number of halogens is 1. The minimum absolute atomic E-state index is 0.232. The lowest BCUT2D eigenvalue weighted by molar-refractivity contribution is 0.411. The quantitative estimate of drug-likeness (QED) is 0.678. The molecule has 0 radical (unpaired) electrons. The zero-order valence-corrected chi connectivity index (χ0v) is 16.4. The van der Waals surface area contributed by atoms with Crippen molar-refractivity contribution in [3.05, 3.63) is 51.1 Å². The third-order valence-electron chi connectivity index (χ3n) is 3.67. The zero-order chi connectivity index (χ0) is 17.0. The maximum Gasteiger partial charge on any atom is 0.261 e. The summed E-state index contributed by atoms with van der Waals surface area (Å²) in [6, 6.07) is 10.7. The fourth-order valence-corrected chi connectivity index (χ4v) is 4.50. The van der Waals surface area contributed by atoms with Gasteiger partial charge in [-0.1, -0.05) is 32.0 Å². The Hall–Kier alpha value is -1.28. The second-order valence-electron chi connectivity index (χ2n) is 5.06. The molecule has 0 heterocycles. The smallest absolute Gasteiger partial charge is 0.261 e. The van der Waals surface area contributed by atoms with Crippen LogP contribution in [0.25, 0.3) is 0 Å². The van der Waals surface area contributed by atoms with E-state index in [2.05, 4.69) is 27.3 Å². The Morgan fingerprint density at radius 3 is 2.17 bits per heavy atom. The van der Waals surface area contributed by atoms with Crippen molar-refractivity contribution in [3.63, 3.8) is 0 Å². The summed E-state index contributed by atoms with van der Waals surface area (Å²) in [5.41, 5.74) is 2.69. The standard InChI is InChI=1S/C17H20INO3S/c1-4-12-7-6-8-13(5-2)17(12)19-23(20,21)14-9-10-16(22-3)15(18)11-14/h6-11,19H,4-5H2,1-3H3. The van der Waals surface area contributed by atoms with Crippen LogP contribution in [0, 0.1) is 3.57 Å². The largest absolute Gasteiger partial charge is 0.496 e. The van der Waals surface area contributed by atoms with Crippen LogP contribution in [-0.4, -0.2) is 15.5 Å². The molecule has 0 saturated heterocycles. The molecule has 0 spiro atoms. The van der Waals surface area contributed by atoms with Crippen LogP contribution in [0.2, 0.25) is 0 Å². The van der Waals surface area contributed by atoms with E-state index >= 15 is 0 Å². The van der Waals surface area contributed by atoms with Crippen LogP contribution in [0.5, 0.6) is 5.75 Å². The average molecular weight is 445 g/mol. The van der Waals surface area contributed by atoms with Gasteiger partial charge >= 0.3 is 0 Å². The molecular formula is C17H20INO3S. The van der Waals surface area contributed by atoms with Crippen LogP contribution in [0.3, 0.4) is 0 Å². The molecule has 0 aliphatic heterocycles. The van der Waals surface area contributed by atoms with Gasteiger partial charge in [0.2, 0.25) is 0 Å². The molecule has 0 saturated carbocycles. The monoisotopic (exact) mass is 445 g/mol. The second-order valence-corrected chi connectivity index (χ2v) is 7.90. The molecule has 0 bridgehead atoms. The number of ether oxygens (including phenoxy) is 1. The maximum atomic E-state index is 12.7. The Balaban J connectivity index is 2.45. The first-order valence-corrected chi connectivity index (χ1v) is 9.96. The van der Waals surface area contributed by atoms with E-state index in [9.17, 15) is 8.42 Å². The van der Waals surface area contributed by atoms with Crippen molar-refractivity contribution in [2.75, 3.05) is 11.8 Å². The predicted octanol–water partition coefficient (Wildman–Crippen LogP) is 4.23. The van der Waals surface area contributed by atoms with Crippen LogP contribution < -0.4 is 9.46 Å². The molecule has 0 aliphatic rings. The highest BCUT2D eigenvalue weighted by Crippen LogP contribution is 2.28. The van der Waals surface area contributed by atoms with Crippen LogP contribution in [-0.2, 0) is 22.9 Å². The highest BCUT2D eigenvalue weighted by molar-refractivity contribution is 14.1. The Morgan fingerprint density at radius 2 is 1.70 bits per heavy atom. The van der Waals surface area contributed by atoms with Gasteiger partial charge in [0.1, 0.15) is 5.75 Å². The topological polar surface area (TPSA) is 55.4 Å². The van der Waals surface area contributed by atoms with E-state index in [1.807, 2.05) is 32.0 Å². The van der Waals surface area contributed by atoms with Crippen molar-refractivity contribution in [3.8, 4) is 5.75 Å². The van der Waals surface area contributed by atoms with Gasteiger partial charge in [-0.15, -0.1) is 0 Å². The number of rotatable bonds is 6. The minimum Gasteiger partial charge on any atom is -0.496 e. The summed E-state index contributed by atoms with van der Waals surface area (Å²) >= 11 is 2.07. The molecule has 0 unspecified atom stereocenters. The molecule has 0 amide bonds. The summed E-state index contributed by atoms with van der Waals surface area (Å²) in [6.07, 6.45) is 1.54. The van der Waals surface area contributed by atoms with E-state index in [4.69, 9.17) is 4.74 Å². The lowest BCUT2D eigenvalue weighted by atomic mass is 10.0. The van der Waals surface area contributed by atoms with Gasteiger partial charge in [0.25, 0.3) is 10.0 Å². The van der Waals surface area contributed by atoms with Crippen LogP contribution >= 0.6 is 22.6 Å². The second kappa shape index (κ2) is 7.53. The number of anilines is 1. The normalized spacial score (nSPS) is 11.3. The first kappa shape index (κ1) is 18.1. The highest BCUT2D eigenvalue weighted by Gasteiger charge is 2.19. The number of hydrogen-bond acceptors (Lipinski definition) is 3. The summed E-state index contributed by atoms with van der Waals surface area (Å²) < 4.78 is 34.2. The van der Waals surface area contributed by atoms with Gasteiger partial charge < -0.3 is 4.74 Å². The fourth-order valence-electron chi connectivity index (χ4n) is 2.38. The summed E-state index contributed by atoms with van der Waals surface area (Å²) in [5, 5.41) is 0. The Kier molecular flexibility index (Phi) is 5.91. The summed E-state index contributed by atoms with van der Waals surface area (Å²) in [6.45, 7) is 4.03. The summed E-state index contributed by atoms with van der Waals surface area (Å²) in [4.78, 5) is 0.232. The highest BCUT2D eigenvalue weighted by atomic mass is 127. The van der Waals surface area contributed by atoms with Crippen LogP contribution in [0.15, 0.2) is 41.3 Å². The molecule has 6 heteroatoms. The molecular weight excluding hydrogens is 425 g/mol. The Labute approximate surface area is 151 Å². The molecule has 2 rings (SSSR count). The number of methoxy groups -OCH3 is 1. The summed E-state index contributed by atoms with van der Waals surface area (Å²) in [5.74, 6) is 0.660. The van der Waals surface area contributed by atoms with Gasteiger partial charge in [0, 0.05) is 0 Å². The van der Waals surface area contributed by atoms with Gasteiger partial charge in [-0.3, -0.25) is 4.72 Å². The molecule has 0 aromatic heterocycles. The molecule has 23 heavy (non-hydrogen) atoms. The maximum absolute atomic E-state index is 12.7. The van der Waals surface area contributed by atoms with Gasteiger partial charge in [0.15, 0.2) is 0 Å². The Bertz CT molecular complexity index is 781. The van der Waals surface area contributed by atoms with Gasteiger partial charge in [-0.05, 0) is 64.8 Å². The van der Waals surface area contributed by atoms with Crippen LogP contribution in [0.4, 0.5) is 5.69 Å². The number of sulfonamides is 1. The molecule has 0 atom stereocenters. The predicted molar refractivity (Wildman–Crippen MR) is 102 cm³/mol. The van der Waals surface area contributed by atoms with Gasteiger partial charge in [0.05, 0.1) is 21.3 Å². The van der Waals surface area contributed by atoms with Crippen LogP contribution in [0.1, 0.15) is 25.0 Å². The number of nitrogens with one attached hydrogen (secondary N) is 1. The molecule has 124 valence electrons. The first-order valence-electron chi connectivity index (χ1n) is 7.40. The average Bonchev–Trinajstić information content (AvgIpc) is 2.54. The van der Waals surface area contributed by atoms with Crippen molar-refractivity contribution >= 4 is 38.3 Å². The van der Waals surface area contributed by atoms with Crippen molar-refractivity contribution < 1.29 is 13.2 Å². The lowest BCUT2D eigenvalue weighted by Gasteiger charge is -2.16. The van der Waals surface area contributed by atoms with Crippen molar-refractivity contribution in [1.82, 2.24) is 0 Å². The van der Waals surface area contributed by atoms with E-state index in [0.717, 1.165) is 27.5 Å². The Morgan fingerprint density at radius 1 is 1.09 bits per heavy atom. The third-order valence-corrected chi connectivity index (χ3v) is 5.86. The van der Waals surface area contributed by atoms with E-state index in [1.165, 1.54) is 0 Å². The number of para-hydroxylation sites is 1. The first-order chi connectivity index (χ1) is 10.9. The van der Waals surface area contributed by atoms with Gasteiger partial charge in [-0.25, -0.2) is 8.42 Å². The van der Waals surface area contributed by atoms with E-state index in [-0.39, 0.29) is 4.90 Å². The van der Waals surface area contributed by atoms with E-state index < -0.39 is 10.0 Å². The zero-order valence-electron chi connectivity index (χ0n) is 13.4. The molecule has 0 aliphatic carbocycles. The lowest BCUT2D eigenvalue weighted by Crippen LogP contribution is -2.16. The number of benzene rings is 2. The molecule has 1 N–H and O–H groups in total. The molecule has 2 aromatic carbocycles. The van der Waals surface area contributed by atoms with Crippen molar-refractivity contribution in [2.24, 2.45) is 0 Å². The van der Waals surface area contributed by atoms with E-state index in [0.29, 0.717) is 11.4 Å². The molecule has 4 nitrogen and oxygen atoms in total. The van der Waals surface area contributed by atoms with Crippen molar-refractivity contribution in [2.45, 2.75) is 31.6 Å². The van der Waals surface area contributed by atoms with Gasteiger partial charge in [-0.2, -0.15) is 0 Å². The van der Waals surface area contributed by atoms with Crippen molar-refractivity contribution in [1.29, 1.82) is 0 Å². The third kappa shape index (κ3) is 3.98. The molecule has 2 aromatic rings. The summed E-state index contributed by atoms with van der Waals surface area (Å²) in [7, 11) is -2.07. The number of aryl methyl sites for hydroxylation is 2. The van der Waals surface area contributed by atoms with E-state index in [1.54, 1.807) is 25.3 Å².